The van der Waals surface area contributed by atoms with Crippen molar-refractivity contribution in [3.05, 3.63) is 108 Å². The zero-order chi connectivity index (χ0) is 22.2. The van der Waals surface area contributed by atoms with E-state index in [1.807, 2.05) is 66.7 Å². The van der Waals surface area contributed by atoms with Crippen molar-refractivity contribution in [2.75, 3.05) is 26.2 Å². The van der Waals surface area contributed by atoms with Gasteiger partial charge in [-0.25, -0.2) is 0 Å². The van der Waals surface area contributed by atoms with Gasteiger partial charge in [-0.1, -0.05) is 91.0 Å². The molecular formula is C28H33NO3. The minimum Gasteiger partial charge on any atom is -0.392 e. The smallest absolute Gasteiger partial charge is 0.108 e. The third kappa shape index (κ3) is 6.05. The van der Waals surface area contributed by atoms with Gasteiger partial charge in [0.15, 0.2) is 0 Å². The second-order valence-corrected chi connectivity index (χ2v) is 8.66. The molecule has 0 saturated carbocycles. The molecule has 0 aliphatic carbocycles. The van der Waals surface area contributed by atoms with Gasteiger partial charge in [-0.3, -0.25) is 4.90 Å². The molecule has 4 nitrogen and oxygen atoms in total. The van der Waals surface area contributed by atoms with Gasteiger partial charge >= 0.3 is 0 Å². The van der Waals surface area contributed by atoms with E-state index in [0.717, 1.165) is 36.1 Å². The molecule has 32 heavy (non-hydrogen) atoms. The highest BCUT2D eigenvalue weighted by atomic mass is 16.5. The van der Waals surface area contributed by atoms with Crippen LogP contribution in [-0.4, -0.2) is 47.5 Å². The highest BCUT2D eigenvalue weighted by Gasteiger charge is 2.29. The average Bonchev–Trinajstić information content (AvgIpc) is 2.84. The van der Waals surface area contributed by atoms with E-state index in [4.69, 9.17) is 4.74 Å². The Labute approximate surface area is 191 Å². The Morgan fingerprint density at radius 2 is 1.34 bits per heavy atom. The molecule has 3 unspecified atom stereocenters. The molecule has 2 N–H and O–H groups in total. The largest absolute Gasteiger partial charge is 0.392 e. The fourth-order valence-electron chi connectivity index (χ4n) is 4.55. The number of piperidine rings is 1. The molecule has 0 aromatic heterocycles. The highest BCUT2D eigenvalue weighted by molar-refractivity contribution is 5.29. The van der Waals surface area contributed by atoms with E-state index >= 15 is 0 Å². The lowest BCUT2D eigenvalue weighted by Gasteiger charge is -2.37. The second kappa shape index (κ2) is 11.4. The van der Waals surface area contributed by atoms with Crippen molar-refractivity contribution >= 4 is 0 Å². The topological polar surface area (TPSA) is 52.9 Å². The van der Waals surface area contributed by atoms with Crippen LogP contribution in [0, 0.1) is 5.92 Å². The van der Waals surface area contributed by atoms with Crippen LogP contribution in [0.3, 0.4) is 0 Å². The first kappa shape index (κ1) is 22.7. The molecule has 0 radical (unpaired) electrons. The number of hydrogen-bond donors (Lipinski definition) is 2. The van der Waals surface area contributed by atoms with Crippen LogP contribution < -0.4 is 0 Å². The van der Waals surface area contributed by atoms with E-state index in [-0.39, 0.29) is 12.0 Å². The summed E-state index contributed by atoms with van der Waals surface area (Å²) in [5.74, 6) is 0.215. The van der Waals surface area contributed by atoms with Gasteiger partial charge in [0.1, 0.15) is 6.10 Å². The summed E-state index contributed by atoms with van der Waals surface area (Å²) >= 11 is 0. The molecule has 4 rings (SSSR count). The Kier molecular flexibility index (Phi) is 8.07. The summed E-state index contributed by atoms with van der Waals surface area (Å²) in [6, 6.07) is 30.3. The number of likely N-dealkylation sites (tertiary alicyclic amines) is 1. The van der Waals surface area contributed by atoms with Gasteiger partial charge in [0.2, 0.25) is 0 Å². The van der Waals surface area contributed by atoms with Crippen molar-refractivity contribution in [3.8, 4) is 0 Å². The Bertz CT molecular complexity index is 880. The average molecular weight is 432 g/mol. The molecule has 0 bridgehead atoms. The van der Waals surface area contributed by atoms with Crippen molar-refractivity contribution in [1.82, 2.24) is 4.90 Å². The first-order chi connectivity index (χ1) is 15.7. The van der Waals surface area contributed by atoms with E-state index in [1.54, 1.807) is 0 Å². The molecular weight excluding hydrogens is 398 g/mol. The van der Waals surface area contributed by atoms with E-state index in [1.165, 1.54) is 0 Å². The summed E-state index contributed by atoms with van der Waals surface area (Å²) in [5, 5.41) is 21.2. The third-order valence-corrected chi connectivity index (χ3v) is 6.40. The number of β-amino-alcohol motifs (C(OH)–C–C–N with tert-alkyl or cyclic N) is 2. The molecule has 3 aromatic carbocycles. The molecule has 1 aliphatic rings. The predicted molar refractivity (Wildman–Crippen MR) is 127 cm³/mol. The van der Waals surface area contributed by atoms with Crippen LogP contribution in [0.15, 0.2) is 91.0 Å². The van der Waals surface area contributed by atoms with E-state index in [9.17, 15) is 10.2 Å². The van der Waals surface area contributed by atoms with Gasteiger partial charge in [0.25, 0.3) is 0 Å². The fourth-order valence-corrected chi connectivity index (χ4v) is 4.55. The lowest BCUT2D eigenvalue weighted by atomic mass is 9.90. The maximum atomic E-state index is 10.7. The van der Waals surface area contributed by atoms with Crippen LogP contribution in [0.4, 0.5) is 0 Å². The molecule has 168 valence electrons. The van der Waals surface area contributed by atoms with Gasteiger partial charge in [0, 0.05) is 19.7 Å². The lowest BCUT2D eigenvalue weighted by molar-refractivity contribution is -0.0154. The first-order valence-corrected chi connectivity index (χ1v) is 11.6. The van der Waals surface area contributed by atoms with Crippen LogP contribution in [-0.2, 0) is 4.74 Å². The molecule has 1 heterocycles. The molecule has 1 aliphatic heterocycles. The number of rotatable bonds is 9. The molecule has 1 fully saturated rings. The number of aliphatic hydroxyl groups is 2. The van der Waals surface area contributed by atoms with Crippen molar-refractivity contribution in [1.29, 1.82) is 0 Å². The molecule has 0 spiro atoms. The first-order valence-electron chi connectivity index (χ1n) is 11.6. The molecule has 1 saturated heterocycles. The zero-order valence-corrected chi connectivity index (χ0v) is 18.5. The Morgan fingerprint density at radius 3 is 1.88 bits per heavy atom. The van der Waals surface area contributed by atoms with Gasteiger partial charge in [0.05, 0.1) is 12.2 Å². The molecule has 3 aromatic rings. The maximum Gasteiger partial charge on any atom is 0.108 e. The van der Waals surface area contributed by atoms with E-state index < -0.39 is 12.2 Å². The van der Waals surface area contributed by atoms with Crippen molar-refractivity contribution in [2.45, 2.75) is 31.2 Å². The second-order valence-electron chi connectivity index (χ2n) is 8.66. The van der Waals surface area contributed by atoms with Crippen molar-refractivity contribution < 1.29 is 14.9 Å². The SMILES string of the molecule is OC(CN1CCC(CCOC(c2ccccc2)c2ccccc2)C(O)C1)c1ccccc1. The van der Waals surface area contributed by atoms with Crippen molar-refractivity contribution in [2.24, 2.45) is 5.92 Å². The molecule has 0 amide bonds. The number of aliphatic hydroxyl groups excluding tert-OH is 2. The molecule has 3 atom stereocenters. The summed E-state index contributed by atoms with van der Waals surface area (Å²) < 4.78 is 6.35. The standard InChI is InChI=1S/C28H33NO3/c30-26(22-10-4-1-5-11-22)20-29-18-16-23(27(31)21-29)17-19-32-28(24-12-6-2-7-13-24)25-14-8-3-9-15-25/h1-15,23,26-28,30-31H,16-21H2. The zero-order valence-electron chi connectivity index (χ0n) is 18.5. The monoisotopic (exact) mass is 431 g/mol. The summed E-state index contributed by atoms with van der Waals surface area (Å²) in [7, 11) is 0. The Balaban J connectivity index is 1.28. The predicted octanol–water partition coefficient (Wildman–Crippen LogP) is 4.60. The van der Waals surface area contributed by atoms with Crippen LogP contribution in [0.2, 0.25) is 0 Å². The summed E-state index contributed by atoms with van der Waals surface area (Å²) in [6.45, 7) is 2.62. The van der Waals surface area contributed by atoms with Gasteiger partial charge in [-0.05, 0) is 42.0 Å². The number of hydrogen-bond acceptors (Lipinski definition) is 4. The van der Waals surface area contributed by atoms with Gasteiger partial charge in [-0.15, -0.1) is 0 Å². The van der Waals surface area contributed by atoms with Crippen LogP contribution in [0.1, 0.15) is 41.7 Å². The normalized spacial score (nSPS) is 20.3. The van der Waals surface area contributed by atoms with Gasteiger partial charge in [-0.2, -0.15) is 0 Å². The Morgan fingerprint density at radius 1 is 0.812 bits per heavy atom. The van der Waals surface area contributed by atoms with E-state index in [0.29, 0.717) is 19.7 Å². The quantitative estimate of drug-likeness (QED) is 0.520. The lowest BCUT2D eigenvalue weighted by Crippen LogP contribution is -2.45. The summed E-state index contributed by atoms with van der Waals surface area (Å²) in [5.41, 5.74) is 3.21. The van der Waals surface area contributed by atoms with Gasteiger partial charge < -0.3 is 14.9 Å². The van der Waals surface area contributed by atoms with Crippen LogP contribution >= 0.6 is 0 Å². The minimum atomic E-state index is -0.527. The number of nitrogens with zero attached hydrogens (tertiary/aromatic N) is 1. The summed E-state index contributed by atoms with van der Waals surface area (Å²) in [4.78, 5) is 2.16. The minimum absolute atomic E-state index is 0.101. The number of benzene rings is 3. The van der Waals surface area contributed by atoms with Crippen LogP contribution in [0.5, 0.6) is 0 Å². The van der Waals surface area contributed by atoms with Crippen molar-refractivity contribution in [3.63, 3.8) is 0 Å². The molecule has 4 heteroatoms. The summed E-state index contributed by atoms with van der Waals surface area (Å²) in [6.07, 6.45) is 0.707. The number of ether oxygens (including phenoxy) is 1. The fraction of sp³-hybridized carbons (Fsp3) is 0.357. The third-order valence-electron chi connectivity index (χ3n) is 6.40. The maximum absolute atomic E-state index is 10.7. The highest BCUT2D eigenvalue weighted by Crippen LogP contribution is 2.28. The van der Waals surface area contributed by atoms with Crippen LogP contribution in [0.25, 0.3) is 0 Å². The van der Waals surface area contributed by atoms with E-state index in [2.05, 4.69) is 29.2 Å². The Hall–Kier alpha value is -2.50.